The smallest absolute Gasteiger partial charge is 0.299 e. The zero-order chi connectivity index (χ0) is 10.4. The van der Waals surface area contributed by atoms with Gasteiger partial charge in [0.1, 0.15) is 0 Å². The van der Waals surface area contributed by atoms with Crippen molar-refractivity contribution in [3.63, 3.8) is 0 Å². The number of hydrogen-bond acceptors (Lipinski definition) is 2. The van der Waals surface area contributed by atoms with Gasteiger partial charge in [0.05, 0.1) is 11.3 Å². The summed E-state index contributed by atoms with van der Waals surface area (Å²) in [6.07, 6.45) is 2.36. The summed E-state index contributed by atoms with van der Waals surface area (Å²) in [7, 11) is 0. The number of Topliss-reactive ketones (excluding diaryl/α,β-unsaturated/α-hetero) is 1. The van der Waals surface area contributed by atoms with E-state index in [4.69, 9.17) is 0 Å². The average Bonchev–Trinajstić information content (AvgIpc) is 3.04. The summed E-state index contributed by atoms with van der Waals surface area (Å²) in [4.78, 5) is 25.0. The van der Waals surface area contributed by atoms with E-state index in [1.165, 1.54) is 12.8 Å². The molecule has 2 aliphatic rings. The second-order valence-electron chi connectivity index (χ2n) is 4.21. The first-order valence-corrected chi connectivity index (χ1v) is 5.22. The second kappa shape index (κ2) is 2.92. The third-order valence-electron chi connectivity index (χ3n) is 3.02. The molecule has 0 spiro atoms. The quantitative estimate of drug-likeness (QED) is 0.682. The van der Waals surface area contributed by atoms with E-state index in [0.29, 0.717) is 18.0 Å². The molecule has 1 fully saturated rings. The lowest BCUT2D eigenvalue weighted by Gasteiger charge is -2.15. The minimum atomic E-state index is -0.358. The topological polar surface area (TPSA) is 37.4 Å². The summed E-state index contributed by atoms with van der Waals surface area (Å²) in [6.45, 7) is 0.710. The van der Waals surface area contributed by atoms with Crippen LogP contribution in [0.15, 0.2) is 24.3 Å². The Balaban J connectivity index is 2.01. The molecule has 1 aromatic rings. The van der Waals surface area contributed by atoms with Gasteiger partial charge in [-0.15, -0.1) is 0 Å². The SMILES string of the molecule is O=C1C(=O)N(CC2CC2)c2ccccc21. The molecule has 3 nitrogen and oxygen atoms in total. The van der Waals surface area contributed by atoms with Crippen molar-refractivity contribution >= 4 is 17.4 Å². The van der Waals surface area contributed by atoms with Crippen LogP contribution in [-0.2, 0) is 4.79 Å². The molecule has 76 valence electrons. The number of carbonyl (C=O) groups excluding carboxylic acids is 2. The number of hydrogen-bond donors (Lipinski definition) is 0. The van der Waals surface area contributed by atoms with E-state index in [2.05, 4.69) is 0 Å². The molecule has 1 aliphatic heterocycles. The average molecular weight is 201 g/mol. The fraction of sp³-hybridized carbons (Fsp3) is 0.333. The van der Waals surface area contributed by atoms with E-state index in [1.54, 1.807) is 17.0 Å². The van der Waals surface area contributed by atoms with Gasteiger partial charge in [0, 0.05) is 6.54 Å². The summed E-state index contributed by atoms with van der Waals surface area (Å²) in [5.41, 5.74) is 1.35. The summed E-state index contributed by atoms with van der Waals surface area (Å²) in [6, 6.07) is 7.23. The summed E-state index contributed by atoms with van der Waals surface area (Å²) >= 11 is 0. The third kappa shape index (κ3) is 1.27. The Morgan fingerprint density at radius 3 is 2.67 bits per heavy atom. The van der Waals surface area contributed by atoms with Crippen LogP contribution in [0.25, 0.3) is 0 Å². The molecule has 1 amide bonds. The lowest BCUT2D eigenvalue weighted by atomic mass is 10.1. The highest BCUT2D eigenvalue weighted by Gasteiger charge is 2.38. The Labute approximate surface area is 87.7 Å². The molecule has 0 unspecified atom stereocenters. The Hall–Kier alpha value is -1.64. The fourth-order valence-corrected chi connectivity index (χ4v) is 1.99. The second-order valence-corrected chi connectivity index (χ2v) is 4.21. The summed E-state index contributed by atoms with van der Waals surface area (Å²) < 4.78 is 0. The lowest BCUT2D eigenvalue weighted by molar-refractivity contribution is -0.114. The molecule has 3 heteroatoms. The molecule has 0 saturated heterocycles. The molecular formula is C12H11NO2. The fourth-order valence-electron chi connectivity index (χ4n) is 1.99. The number of ketones is 1. The highest BCUT2D eigenvalue weighted by molar-refractivity contribution is 6.52. The van der Waals surface area contributed by atoms with Crippen LogP contribution in [-0.4, -0.2) is 18.2 Å². The zero-order valence-electron chi connectivity index (χ0n) is 8.27. The van der Waals surface area contributed by atoms with Gasteiger partial charge in [-0.3, -0.25) is 9.59 Å². The number of carbonyl (C=O) groups is 2. The van der Waals surface area contributed by atoms with E-state index in [1.807, 2.05) is 12.1 Å². The van der Waals surface area contributed by atoms with Gasteiger partial charge in [-0.05, 0) is 30.9 Å². The first kappa shape index (κ1) is 8.65. The summed E-state index contributed by atoms with van der Waals surface area (Å²) in [5, 5.41) is 0. The van der Waals surface area contributed by atoms with Crippen LogP contribution < -0.4 is 4.90 Å². The number of fused-ring (bicyclic) bond motifs is 1. The van der Waals surface area contributed by atoms with Gasteiger partial charge in [0.25, 0.3) is 11.7 Å². The largest absolute Gasteiger partial charge is 0.304 e. The first-order chi connectivity index (χ1) is 7.27. The molecule has 1 aromatic carbocycles. The number of anilines is 1. The van der Waals surface area contributed by atoms with Crippen molar-refractivity contribution < 1.29 is 9.59 Å². The normalized spacial score (nSPS) is 19.6. The van der Waals surface area contributed by atoms with Gasteiger partial charge in [-0.25, -0.2) is 0 Å². The number of para-hydroxylation sites is 1. The minimum Gasteiger partial charge on any atom is -0.304 e. The van der Waals surface area contributed by atoms with Crippen LogP contribution in [0.2, 0.25) is 0 Å². The Bertz CT molecular complexity index is 449. The lowest BCUT2D eigenvalue weighted by Crippen LogP contribution is -2.31. The van der Waals surface area contributed by atoms with Gasteiger partial charge < -0.3 is 4.90 Å². The monoisotopic (exact) mass is 201 g/mol. The third-order valence-corrected chi connectivity index (χ3v) is 3.02. The Kier molecular flexibility index (Phi) is 1.69. The maximum absolute atomic E-state index is 11.7. The van der Waals surface area contributed by atoms with Gasteiger partial charge >= 0.3 is 0 Å². The van der Waals surface area contributed by atoms with E-state index < -0.39 is 0 Å². The Morgan fingerprint density at radius 2 is 1.93 bits per heavy atom. The van der Waals surface area contributed by atoms with Crippen LogP contribution in [0.5, 0.6) is 0 Å². The van der Waals surface area contributed by atoms with E-state index in [9.17, 15) is 9.59 Å². The molecular weight excluding hydrogens is 190 g/mol. The van der Waals surface area contributed by atoms with Gasteiger partial charge in [0.15, 0.2) is 0 Å². The highest BCUT2D eigenvalue weighted by atomic mass is 16.2. The predicted molar refractivity (Wildman–Crippen MR) is 55.8 cm³/mol. The maximum atomic E-state index is 11.7. The molecule has 15 heavy (non-hydrogen) atoms. The number of amides is 1. The number of benzene rings is 1. The number of rotatable bonds is 2. The van der Waals surface area contributed by atoms with Crippen LogP contribution in [0.4, 0.5) is 5.69 Å². The molecule has 0 atom stereocenters. The molecule has 1 aliphatic carbocycles. The maximum Gasteiger partial charge on any atom is 0.299 e. The van der Waals surface area contributed by atoms with Crippen molar-refractivity contribution in [3.05, 3.63) is 29.8 Å². The molecule has 1 heterocycles. The van der Waals surface area contributed by atoms with Gasteiger partial charge in [-0.2, -0.15) is 0 Å². The first-order valence-electron chi connectivity index (χ1n) is 5.22. The standard InChI is InChI=1S/C12H11NO2/c14-11-9-3-1-2-4-10(9)13(12(11)15)7-8-5-6-8/h1-4,8H,5-7H2. The van der Waals surface area contributed by atoms with Crippen LogP contribution in [0.1, 0.15) is 23.2 Å². The van der Waals surface area contributed by atoms with Crippen molar-refractivity contribution in [3.8, 4) is 0 Å². The van der Waals surface area contributed by atoms with E-state index in [0.717, 1.165) is 5.69 Å². The van der Waals surface area contributed by atoms with Crippen LogP contribution >= 0.6 is 0 Å². The molecule has 3 rings (SSSR count). The van der Waals surface area contributed by atoms with Crippen molar-refractivity contribution in [2.24, 2.45) is 5.92 Å². The zero-order valence-corrected chi connectivity index (χ0v) is 8.27. The van der Waals surface area contributed by atoms with Crippen molar-refractivity contribution in [1.29, 1.82) is 0 Å². The van der Waals surface area contributed by atoms with Crippen molar-refractivity contribution in [1.82, 2.24) is 0 Å². The van der Waals surface area contributed by atoms with Crippen molar-refractivity contribution in [2.45, 2.75) is 12.8 Å². The predicted octanol–water partition coefficient (Wildman–Crippen LogP) is 1.63. The summed E-state index contributed by atoms with van der Waals surface area (Å²) in [5.74, 6) is -0.109. The van der Waals surface area contributed by atoms with E-state index >= 15 is 0 Å². The number of nitrogens with zero attached hydrogens (tertiary/aromatic N) is 1. The molecule has 0 radical (unpaired) electrons. The molecule has 0 N–H and O–H groups in total. The molecule has 0 aromatic heterocycles. The van der Waals surface area contributed by atoms with Crippen molar-refractivity contribution in [2.75, 3.05) is 11.4 Å². The van der Waals surface area contributed by atoms with Crippen LogP contribution in [0, 0.1) is 5.92 Å². The Morgan fingerprint density at radius 1 is 1.20 bits per heavy atom. The van der Waals surface area contributed by atoms with Gasteiger partial charge in [0.2, 0.25) is 0 Å². The van der Waals surface area contributed by atoms with Crippen LogP contribution in [0.3, 0.4) is 0 Å². The molecule has 0 bridgehead atoms. The van der Waals surface area contributed by atoms with Gasteiger partial charge in [-0.1, -0.05) is 12.1 Å². The highest BCUT2D eigenvalue weighted by Crippen LogP contribution is 2.35. The van der Waals surface area contributed by atoms with E-state index in [-0.39, 0.29) is 11.7 Å². The molecule has 1 saturated carbocycles. The minimum absolute atomic E-state index is 0.355.